The van der Waals surface area contributed by atoms with Gasteiger partial charge in [-0.15, -0.1) is 0 Å². The summed E-state index contributed by atoms with van der Waals surface area (Å²) in [5, 5.41) is 3.48. The summed E-state index contributed by atoms with van der Waals surface area (Å²) < 4.78 is 23.9. The molecule has 0 radical (unpaired) electrons. The topological polar surface area (TPSA) is 89.3 Å². The zero-order valence-electron chi connectivity index (χ0n) is 10.4. The smallest absolute Gasteiger partial charge is 0.280 e. The second-order valence-corrected chi connectivity index (χ2v) is 6.77. The van der Waals surface area contributed by atoms with E-state index in [-0.39, 0.29) is 17.5 Å². The molecule has 0 aliphatic carbocycles. The van der Waals surface area contributed by atoms with Gasteiger partial charge in [-0.3, -0.25) is 9.59 Å². The summed E-state index contributed by atoms with van der Waals surface area (Å²) in [6, 6.07) is 0. The van der Waals surface area contributed by atoms with E-state index < -0.39 is 15.0 Å². The third-order valence-corrected chi connectivity index (χ3v) is 4.23. The molecule has 0 saturated carbocycles. The predicted octanol–water partition coefficient (Wildman–Crippen LogP) is 0.375. The van der Waals surface area contributed by atoms with Crippen LogP contribution >= 0.6 is 10.7 Å². The number of aromatic nitrogens is 2. The van der Waals surface area contributed by atoms with Gasteiger partial charge in [0.25, 0.3) is 9.05 Å². The van der Waals surface area contributed by atoms with E-state index in [1.54, 1.807) is 0 Å². The summed E-state index contributed by atoms with van der Waals surface area (Å²) in [7, 11) is 1.31. The maximum atomic E-state index is 11.5. The molecule has 0 unspecified atom stereocenters. The molecular weight excluding hydrogens is 294 g/mol. The Morgan fingerprint density at radius 1 is 1.26 bits per heavy atom. The maximum Gasteiger partial charge on any atom is 0.280 e. The Bertz CT molecular complexity index is 665. The highest BCUT2D eigenvalue weighted by Gasteiger charge is 2.31. The number of amides is 1. The largest absolute Gasteiger partial charge is 0.337 e. The van der Waals surface area contributed by atoms with Crippen molar-refractivity contribution in [3.05, 3.63) is 11.3 Å². The number of halogens is 1. The molecule has 0 aromatic carbocycles. The van der Waals surface area contributed by atoms with Crippen molar-refractivity contribution in [2.24, 2.45) is 0 Å². The lowest BCUT2D eigenvalue weighted by atomic mass is 10.1. The molecule has 0 N–H and O–H groups in total. The lowest BCUT2D eigenvalue weighted by Crippen LogP contribution is -2.35. The molecule has 0 fully saturated rings. The quantitative estimate of drug-likeness (QED) is 0.700. The van der Waals surface area contributed by atoms with Crippen molar-refractivity contribution in [1.82, 2.24) is 14.7 Å². The molecule has 1 amide bonds. The lowest BCUT2D eigenvalue weighted by molar-refractivity contribution is -0.129. The molecule has 2 heterocycles. The van der Waals surface area contributed by atoms with Crippen LogP contribution in [0.1, 0.15) is 29.9 Å². The summed E-state index contributed by atoms with van der Waals surface area (Å²) >= 11 is 0. The predicted molar refractivity (Wildman–Crippen MR) is 66.4 cm³/mol. The van der Waals surface area contributed by atoms with Crippen LogP contribution in [-0.2, 0) is 26.8 Å². The summed E-state index contributed by atoms with van der Waals surface area (Å²) in [4.78, 5) is 24.4. The van der Waals surface area contributed by atoms with Crippen LogP contribution < -0.4 is 0 Å². The van der Waals surface area contributed by atoms with Crippen LogP contribution in [0.25, 0.3) is 0 Å². The van der Waals surface area contributed by atoms with Gasteiger partial charge < -0.3 is 4.90 Å². The van der Waals surface area contributed by atoms with Gasteiger partial charge in [0.2, 0.25) is 11.8 Å². The Kier molecular flexibility index (Phi) is 3.40. The molecule has 1 aromatic heterocycles. The molecule has 104 valence electrons. The fraction of sp³-hybridized carbons (Fsp3) is 0.500. The second kappa shape index (κ2) is 4.61. The number of rotatable bonds is 1. The van der Waals surface area contributed by atoms with Crippen molar-refractivity contribution in [3.8, 4) is 0 Å². The van der Waals surface area contributed by atoms with Crippen molar-refractivity contribution in [2.45, 2.75) is 31.8 Å². The van der Waals surface area contributed by atoms with Crippen molar-refractivity contribution >= 4 is 31.5 Å². The van der Waals surface area contributed by atoms with Gasteiger partial charge in [-0.2, -0.15) is 5.10 Å². The highest BCUT2D eigenvalue weighted by Crippen LogP contribution is 2.27. The minimum absolute atomic E-state index is 0.141. The molecule has 0 bridgehead atoms. The Morgan fingerprint density at radius 2 is 1.89 bits per heavy atom. The van der Waals surface area contributed by atoms with E-state index in [1.807, 2.05) is 0 Å². The minimum atomic E-state index is -4.01. The third-order valence-electron chi connectivity index (χ3n) is 3.00. The van der Waals surface area contributed by atoms with Gasteiger partial charge >= 0.3 is 0 Å². The van der Waals surface area contributed by atoms with Crippen molar-refractivity contribution in [2.75, 3.05) is 6.54 Å². The first-order valence-electron chi connectivity index (χ1n) is 5.53. The van der Waals surface area contributed by atoms with Crippen LogP contribution in [0, 0.1) is 0 Å². The summed E-state index contributed by atoms with van der Waals surface area (Å²) in [5.41, 5.74) is 0.830. The van der Waals surface area contributed by atoms with Crippen LogP contribution in [0.4, 0.5) is 0 Å². The number of fused-ring (bicyclic) bond motifs is 1. The van der Waals surface area contributed by atoms with E-state index >= 15 is 0 Å². The van der Waals surface area contributed by atoms with Crippen molar-refractivity contribution < 1.29 is 18.0 Å². The van der Waals surface area contributed by atoms with E-state index in [2.05, 4.69) is 5.10 Å². The number of carbonyl (C=O) groups is 2. The molecule has 0 atom stereocenters. The Hall–Kier alpha value is -1.41. The van der Waals surface area contributed by atoms with Gasteiger partial charge in [0.1, 0.15) is 0 Å². The van der Waals surface area contributed by atoms with Gasteiger partial charge in [0.15, 0.2) is 5.03 Å². The summed E-state index contributed by atoms with van der Waals surface area (Å²) in [5.74, 6) is -0.564. The van der Waals surface area contributed by atoms with Gasteiger partial charge in [-0.25, -0.2) is 13.1 Å². The fourth-order valence-corrected chi connectivity index (χ4v) is 3.17. The number of hydrogen-bond donors (Lipinski definition) is 0. The molecule has 1 aliphatic heterocycles. The SMILES string of the molecule is CC(=O)N1CCc2c(S(=O)(=O)Cl)nn(C(C)=O)c2C1. The molecule has 0 spiro atoms. The summed E-state index contributed by atoms with van der Waals surface area (Å²) in [6.07, 6.45) is 0.309. The van der Waals surface area contributed by atoms with Crippen LogP contribution in [0.5, 0.6) is 0 Å². The van der Waals surface area contributed by atoms with Crippen LogP contribution in [0.2, 0.25) is 0 Å². The average molecular weight is 306 g/mol. The van der Waals surface area contributed by atoms with Crippen LogP contribution in [0.3, 0.4) is 0 Å². The zero-order valence-corrected chi connectivity index (χ0v) is 12.0. The van der Waals surface area contributed by atoms with E-state index in [0.717, 1.165) is 4.68 Å². The maximum absolute atomic E-state index is 11.5. The zero-order chi connectivity index (χ0) is 14.4. The average Bonchev–Trinajstić information content (AvgIpc) is 2.66. The van der Waals surface area contributed by atoms with E-state index in [9.17, 15) is 18.0 Å². The molecule has 0 saturated heterocycles. The molecule has 9 heteroatoms. The van der Waals surface area contributed by atoms with Gasteiger partial charge in [-0.1, -0.05) is 0 Å². The first kappa shape index (κ1) is 14.0. The first-order valence-corrected chi connectivity index (χ1v) is 7.84. The van der Waals surface area contributed by atoms with Crippen molar-refractivity contribution in [1.29, 1.82) is 0 Å². The van der Waals surface area contributed by atoms with E-state index in [1.165, 1.54) is 18.7 Å². The Labute approximate surface area is 114 Å². The van der Waals surface area contributed by atoms with Crippen molar-refractivity contribution in [3.63, 3.8) is 0 Å². The molecule has 7 nitrogen and oxygen atoms in total. The fourth-order valence-electron chi connectivity index (χ4n) is 2.11. The highest BCUT2D eigenvalue weighted by atomic mass is 35.7. The van der Waals surface area contributed by atoms with E-state index in [0.29, 0.717) is 24.2 Å². The number of hydrogen-bond acceptors (Lipinski definition) is 5. The molecule has 19 heavy (non-hydrogen) atoms. The second-order valence-electron chi connectivity index (χ2n) is 4.29. The van der Waals surface area contributed by atoms with Gasteiger partial charge in [-0.05, 0) is 6.42 Å². The van der Waals surface area contributed by atoms with E-state index in [4.69, 9.17) is 10.7 Å². The van der Waals surface area contributed by atoms with Crippen LogP contribution in [0.15, 0.2) is 5.03 Å². The Morgan fingerprint density at radius 3 is 2.37 bits per heavy atom. The lowest BCUT2D eigenvalue weighted by Gasteiger charge is -2.26. The highest BCUT2D eigenvalue weighted by molar-refractivity contribution is 8.13. The normalized spacial score (nSPS) is 15.2. The van der Waals surface area contributed by atoms with Gasteiger partial charge in [0, 0.05) is 36.6 Å². The molecule has 2 rings (SSSR count). The molecular formula is C10H12ClN3O4S. The third kappa shape index (κ3) is 2.50. The minimum Gasteiger partial charge on any atom is -0.337 e. The summed E-state index contributed by atoms with van der Waals surface area (Å²) in [6.45, 7) is 3.22. The number of carbonyl (C=O) groups excluding carboxylic acids is 2. The number of nitrogens with zero attached hydrogens (tertiary/aromatic N) is 3. The molecule has 1 aromatic rings. The Balaban J connectivity index is 2.59. The van der Waals surface area contributed by atoms with Gasteiger partial charge in [0.05, 0.1) is 12.2 Å². The first-order chi connectivity index (χ1) is 8.71. The van der Waals surface area contributed by atoms with Crippen LogP contribution in [-0.4, -0.2) is 41.5 Å². The standard InChI is InChI=1S/C10H12ClN3O4S/c1-6(15)13-4-3-8-9(5-13)14(7(2)16)12-10(8)19(11,17)18/h3-5H2,1-2H3. The molecule has 1 aliphatic rings. The monoisotopic (exact) mass is 305 g/mol.